The van der Waals surface area contributed by atoms with Crippen LogP contribution in [0.5, 0.6) is 0 Å². The van der Waals surface area contributed by atoms with Crippen LogP contribution in [0.15, 0.2) is 36.8 Å². The Hall–Kier alpha value is -2.87. The number of nitrogens with zero attached hydrogens (tertiary/aromatic N) is 4. The fourth-order valence-electron chi connectivity index (χ4n) is 6.87. The number of benzene rings is 1. The summed E-state index contributed by atoms with van der Waals surface area (Å²) in [7, 11) is 0. The van der Waals surface area contributed by atoms with Gasteiger partial charge in [0, 0.05) is 49.0 Å². The van der Waals surface area contributed by atoms with Crippen molar-refractivity contribution in [1.29, 1.82) is 0 Å². The van der Waals surface area contributed by atoms with Gasteiger partial charge in [0.1, 0.15) is 0 Å². The van der Waals surface area contributed by atoms with Gasteiger partial charge in [0.05, 0.1) is 30.4 Å². The van der Waals surface area contributed by atoms with Gasteiger partial charge in [-0.3, -0.25) is 4.79 Å². The number of carbonyl (C=O) groups excluding carboxylic acids is 2. The molecule has 3 fully saturated rings. The second-order valence-corrected chi connectivity index (χ2v) is 10.3. The van der Waals surface area contributed by atoms with E-state index >= 15 is 0 Å². The Labute approximate surface area is 193 Å². The highest BCUT2D eigenvalue weighted by Gasteiger charge is 2.58. The van der Waals surface area contributed by atoms with E-state index in [2.05, 4.69) is 33.8 Å². The van der Waals surface area contributed by atoms with Crippen molar-refractivity contribution in [1.82, 2.24) is 19.4 Å². The summed E-state index contributed by atoms with van der Waals surface area (Å²) in [6.07, 6.45) is 7.47. The van der Waals surface area contributed by atoms with E-state index in [-0.39, 0.29) is 35.3 Å². The van der Waals surface area contributed by atoms with Gasteiger partial charge in [0.15, 0.2) is 0 Å². The predicted octanol–water partition coefficient (Wildman–Crippen LogP) is 2.23. The molecule has 1 saturated carbocycles. The molecule has 3 atom stereocenters. The number of aromatic nitrogens is 2. The summed E-state index contributed by atoms with van der Waals surface area (Å²) in [4.78, 5) is 32.4. The number of carbonyl (C=O) groups is 2. The molecule has 4 aliphatic rings. The summed E-state index contributed by atoms with van der Waals surface area (Å²) in [6.45, 7) is 2.53. The number of amides is 3. The zero-order valence-electron chi connectivity index (χ0n) is 18.8. The van der Waals surface area contributed by atoms with Crippen LogP contribution < -0.4 is 5.73 Å². The third kappa shape index (κ3) is 3.10. The second-order valence-electron chi connectivity index (χ2n) is 10.3. The number of primary amides is 1. The molecular weight excluding hydrogens is 418 g/mol. The van der Waals surface area contributed by atoms with Gasteiger partial charge in [0.25, 0.3) is 0 Å². The molecule has 2 aromatic rings. The standard InChI is InChI=1S/C25H31N5O3/c26-24(33)29-9-5-16(6-10-29)23(32)28-11-7-25(8-12-28)13-19(22(25)31)21-18-4-2-1-3-17(18)20-14-27-15-30(20)21/h1-4,14-16,19,21-22,31H,5-13H2,(H2,26,33). The van der Waals surface area contributed by atoms with Gasteiger partial charge in [-0.1, -0.05) is 24.3 Å². The van der Waals surface area contributed by atoms with Crippen LogP contribution >= 0.6 is 0 Å². The van der Waals surface area contributed by atoms with Crippen LogP contribution in [0, 0.1) is 17.3 Å². The van der Waals surface area contributed by atoms with E-state index in [0.29, 0.717) is 39.0 Å². The third-order valence-corrected chi connectivity index (χ3v) is 8.83. The monoisotopic (exact) mass is 449 g/mol. The number of likely N-dealkylation sites (tertiary alicyclic amines) is 2. The Balaban J connectivity index is 1.10. The Morgan fingerprint density at radius 3 is 2.48 bits per heavy atom. The molecule has 4 heterocycles. The minimum absolute atomic E-state index is 0.0247. The van der Waals surface area contributed by atoms with E-state index < -0.39 is 6.03 Å². The molecule has 33 heavy (non-hydrogen) atoms. The molecule has 3 amide bonds. The Bertz CT molecular complexity index is 1080. The molecule has 3 unspecified atom stereocenters. The number of aliphatic hydroxyl groups is 1. The smallest absolute Gasteiger partial charge is 0.314 e. The molecule has 2 saturated heterocycles. The van der Waals surface area contributed by atoms with Crippen LogP contribution in [0.25, 0.3) is 11.3 Å². The molecule has 0 radical (unpaired) electrons. The first-order valence-corrected chi connectivity index (χ1v) is 12.1. The molecule has 3 aliphatic heterocycles. The van der Waals surface area contributed by atoms with Crippen molar-refractivity contribution in [2.75, 3.05) is 26.2 Å². The predicted molar refractivity (Wildman–Crippen MR) is 122 cm³/mol. The van der Waals surface area contributed by atoms with Crippen LogP contribution in [0.1, 0.15) is 43.7 Å². The first-order chi connectivity index (χ1) is 16.0. The third-order valence-electron chi connectivity index (χ3n) is 8.83. The van der Waals surface area contributed by atoms with E-state index in [1.54, 1.807) is 4.90 Å². The number of fused-ring (bicyclic) bond motifs is 3. The van der Waals surface area contributed by atoms with Gasteiger partial charge in [0.2, 0.25) is 5.91 Å². The van der Waals surface area contributed by atoms with Crippen molar-refractivity contribution in [3.8, 4) is 11.3 Å². The van der Waals surface area contributed by atoms with Gasteiger partial charge < -0.3 is 25.2 Å². The lowest BCUT2D eigenvalue weighted by atomic mass is 9.53. The van der Waals surface area contributed by atoms with E-state index in [0.717, 1.165) is 25.0 Å². The number of hydrogen-bond acceptors (Lipinski definition) is 4. The van der Waals surface area contributed by atoms with Crippen molar-refractivity contribution >= 4 is 11.9 Å². The average Bonchev–Trinajstić information content (AvgIpc) is 3.44. The molecule has 1 aromatic heterocycles. The van der Waals surface area contributed by atoms with Crippen LogP contribution in [-0.4, -0.2) is 68.7 Å². The Morgan fingerprint density at radius 1 is 1.06 bits per heavy atom. The minimum Gasteiger partial charge on any atom is -0.392 e. The average molecular weight is 450 g/mol. The summed E-state index contributed by atoms with van der Waals surface area (Å²) in [6, 6.07) is 8.18. The molecule has 8 heteroatoms. The largest absolute Gasteiger partial charge is 0.392 e. The Kier molecular flexibility index (Phi) is 4.76. The van der Waals surface area contributed by atoms with E-state index in [1.165, 1.54) is 11.1 Å². The maximum atomic E-state index is 13.1. The summed E-state index contributed by atoms with van der Waals surface area (Å²) < 4.78 is 2.22. The molecule has 8 nitrogen and oxygen atoms in total. The summed E-state index contributed by atoms with van der Waals surface area (Å²) in [5.41, 5.74) is 8.90. The van der Waals surface area contributed by atoms with E-state index in [4.69, 9.17) is 5.73 Å². The number of nitrogens with two attached hydrogens (primary N) is 1. The molecule has 1 spiro atoms. The van der Waals surface area contributed by atoms with E-state index in [1.807, 2.05) is 17.4 Å². The molecule has 3 N–H and O–H groups in total. The minimum atomic E-state index is -0.401. The topological polar surface area (TPSA) is 105 Å². The van der Waals surface area contributed by atoms with Crippen molar-refractivity contribution in [3.63, 3.8) is 0 Å². The van der Waals surface area contributed by atoms with Crippen molar-refractivity contribution in [3.05, 3.63) is 42.4 Å². The number of rotatable bonds is 2. The van der Waals surface area contributed by atoms with Gasteiger partial charge in [-0.2, -0.15) is 0 Å². The van der Waals surface area contributed by atoms with Crippen molar-refractivity contribution < 1.29 is 14.7 Å². The normalized spacial score (nSPS) is 28.3. The maximum absolute atomic E-state index is 13.1. The first kappa shape index (κ1) is 20.7. The first-order valence-electron chi connectivity index (χ1n) is 12.1. The van der Waals surface area contributed by atoms with Gasteiger partial charge in [-0.05, 0) is 37.7 Å². The fraction of sp³-hybridized carbons (Fsp3) is 0.560. The molecular formula is C25H31N5O3. The SMILES string of the molecule is NC(=O)N1CCC(C(=O)N2CCC3(CC2)CC(C2c4ccccc4-c4cncn42)C3O)CC1. The van der Waals surface area contributed by atoms with Crippen LogP contribution in [0.3, 0.4) is 0 Å². The molecule has 1 aromatic carbocycles. The summed E-state index contributed by atoms with van der Waals surface area (Å²) >= 11 is 0. The summed E-state index contributed by atoms with van der Waals surface area (Å²) in [5.74, 6) is 0.345. The van der Waals surface area contributed by atoms with Crippen molar-refractivity contribution in [2.45, 2.75) is 44.2 Å². The second kappa shape index (κ2) is 7.58. The van der Waals surface area contributed by atoms with Crippen LogP contribution in [0.2, 0.25) is 0 Å². The van der Waals surface area contributed by atoms with Crippen LogP contribution in [-0.2, 0) is 4.79 Å². The summed E-state index contributed by atoms with van der Waals surface area (Å²) in [5, 5.41) is 11.4. The van der Waals surface area contributed by atoms with Crippen LogP contribution in [0.4, 0.5) is 4.79 Å². The van der Waals surface area contributed by atoms with Gasteiger partial charge >= 0.3 is 6.03 Å². The zero-order valence-corrected chi connectivity index (χ0v) is 18.8. The number of imidazole rings is 1. The number of piperidine rings is 2. The zero-order chi connectivity index (χ0) is 22.7. The molecule has 174 valence electrons. The molecule has 0 bridgehead atoms. The number of urea groups is 1. The number of hydrogen-bond donors (Lipinski definition) is 2. The maximum Gasteiger partial charge on any atom is 0.314 e. The van der Waals surface area contributed by atoms with Gasteiger partial charge in [-0.25, -0.2) is 9.78 Å². The highest BCUT2D eigenvalue weighted by molar-refractivity contribution is 5.79. The lowest BCUT2D eigenvalue weighted by Crippen LogP contribution is -2.60. The quantitative estimate of drug-likeness (QED) is 0.734. The molecule has 6 rings (SSSR count). The lowest BCUT2D eigenvalue weighted by Gasteiger charge is -2.58. The van der Waals surface area contributed by atoms with Gasteiger partial charge in [-0.15, -0.1) is 0 Å². The van der Waals surface area contributed by atoms with E-state index in [9.17, 15) is 14.7 Å². The van der Waals surface area contributed by atoms with Crippen molar-refractivity contribution in [2.24, 2.45) is 23.0 Å². The lowest BCUT2D eigenvalue weighted by molar-refractivity contribution is -0.166. The number of aliphatic hydroxyl groups excluding tert-OH is 1. The highest BCUT2D eigenvalue weighted by atomic mass is 16.3. The highest BCUT2D eigenvalue weighted by Crippen LogP contribution is 2.59. The molecule has 1 aliphatic carbocycles. The fourth-order valence-corrected chi connectivity index (χ4v) is 6.87. The Morgan fingerprint density at radius 2 is 1.79 bits per heavy atom.